The van der Waals surface area contributed by atoms with Crippen molar-refractivity contribution < 1.29 is 13.9 Å². The van der Waals surface area contributed by atoms with E-state index in [0.29, 0.717) is 13.2 Å². The molecule has 1 saturated carbocycles. The minimum absolute atomic E-state index is 0.0319. The maximum atomic E-state index is 13.1. The van der Waals surface area contributed by atoms with Gasteiger partial charge in [0.05, 0.1) is 18.4 Å². The topological polar surface area (TPSA) is 42.4 Å². The number of halogens is 2. The van der Waals surface area contributed by atoms with E-state index in [4.69, 9.17) is 16.3 Å². The van der Waals surface area contributed by atoms with Crippen molar-refractivity contribution in [1.82, 2.24) is 9.88 Å². The van der Waals surface area contributed by atoms with Crippen molar-refractivity contribution in [3.05, 3.63) is 28.8 Å². The number of carbonyl (C=O) groups excluding carboxylic acids is 1. The Balaban J connectivity index is 2.19. The molecule has 1 aromatic heterocycles. The van der Waals surface area contributed by atoms with E-state index >= 15 is 0 Å². The first-order chi connectivity index (χ1) is 8.63. The standard InChI is InChI=1S/C12H14ClFN2O2/c1-18-5-4-16(9-2-3-9)12(17)10-6-8(14)7-15-11(10)13/h6-7,9H,2-5H2,1H3. The Morgan fingerprint density at radius 3 is 3.00 bits per heavy atom. The van der Waals surface area contributed by atoms with Gasteiger partial charge in [0.25, 0.3) is 5.91 Å². The largest absolute Gasteiger partial charge is 0.383 e. The van der Waals surface area contributed by atoms with Crippen molar-refractivity contribution in [1.29, 1.82) is 0 Å². The van der Waals surface area contributed by atoms with Gasteiger partial charge in [-0.05, 0) is 18.9 Å². The predicted octanol–water partition coefficient (Wildman–Crippen LogP) is 2.13. The first-order valence-electron chi connectivity index (χ1n) is 5.74. The lowest BCUT2D eigenvalue weighted by atomic mass is 10.2. The molecule has 0 saturated heterocycles. The highest BCUT2D eigenvalue weighted by Gasteiger charge is 2.33. The van der Waals surface area contributed by atoms with Crippen molar-refractivity contribution in [3.8, 4) is 0 Å². The number of amides is 1. The lowest BCUT2D eigenvalue weighted by molar-refractivity contribution is 0.0679. The molecule has 0 spiro atoms. The van der Waals surface area contributed by atoms with Crippen LogP contribution in [0.5, 0.6) is 0 Å². The van der Waals surface area contributed by atoms with E-state index < -0.39 is 5.82 Å². The van der Waals surface area contributed by atoms with Crippen molar-refractivity contribution in [2.75, 3.05) is 20.3 Å². The molecule has 1 heterocycles. The molecule has 0 aliphatic heterocycles. The summed E-state index contributed by atoms with van der Waals surface area (Å²) in [5.41, 5.74) is 0.111. The fourth-order valence-electron chi connectivity index (χ4n) is 1.75. The van der Waals surface area contributed by atoms with Gasteiger partial charge < -0.3 is 9.64 Å². The Kier molecular flexibility index (Phi) is 4.14. The fraction of sp³-hybridized carbons (Fsp3) is 0.500. The van der Waals surface area contributed by atoms with Gasteiger partial charge in [-0.15, -0.1) is 0 Å². The average Bonchev–Trinajstić information content (AvgIpc) is 3.17. The van der Waals surface area contributed by atoms with E-state index in [1.165, 1.54) is 0 Å². The lowest BCUT2D eigenvalue weighted by Crippen LogP contribution is -2.36. The maximum Gasteiger partial charge on any atom is 0.257 e. The minimum Gasteiger partial charge on any atom is -0.383 e. The summed E-state index contributed by atoms with van der Waals surface area (Å²) < 4.78 is 18.1. The van der Waals surface area contributed by atoms with Crippen LogP contribution < -0.4 is 0 Å². The smallest absolute Gasteiger partial charge is 0.257 e. The number of hydrogen-bond donors (Lipinski definition) is 0. The monoisotopic (exact) mass is 272 g/mol. The van der Waals surface area contributed by atoms with Gasteiger partial charge in [-0.1, -0.05) is 11.6 Å². The Hall–Kier alpha value is -1.20. The Morgan fingerprint density at radius 1 is 1.67 bits per heavy atom. The van der Waals surface area contributed by atoms with Crippen LogP contribution in [-0.4, -0.2) is 42.1 Å². The quantitative estimate of drug-likeness (QED) is 0.771. The third-order valence-corrected chi connectivity index (χ3v) is 3.12. The normalized spacial score (nSPS) is 14.6. The first-order valence-corrected chi connectivity index (χ1v) is 6.12. The molecule has 0 atom stereocenters. The highest BCUT2D eigenvalue weighted by Crippen LogP contribution is 2.29. The Bertz CT molecular complexity index is 452. The summed E-state index contributed by atoms with van der Waals surface area (Å²) in [6, 6.07) is 1.34. The molecule has 1 amide bonds. The molecule has 1 aromatic rings. The molecular formula is C12H14ClFN2O2. The van der Waals surface area contributed by atoms with Gasteiger partial charge >= 0.3 is 0 Å². The Morgan fingerprint density at radius 2 is 2.39 bits per heavy atom. The summed E-state index contributed by atoms with van der Waals surface area (Å²) in [6.45, 7) is 0.926. The number of hydrogen-bond acceptors (Lipinski definition) is 3. The summed E-state index contributed by atoms with van der Waals surface area (Å²) in [7, 11) is 1.58. The zero-order chi connectivity index (χ0) is 13.1. The van der Waals surface area contributed by atoms with Gasteiger partial charge in [-0.25, -0.2) is 9.37 Å². The Labute approximate surface area is 110 Å². The molecule has 0 unspecified atom stereocenters. The van der Waals surface area contributed by atoms with Gasteiger partial charge in [0.1, 0.15) is 11.0 Å². The van der Waals surface area contributed by atoms with Crippen molar-refractivity contribution in [2.45, 2.75) is 18.9 Å². The van der Waals surface area contributed by atoms with Gasteiger partial charge in [0.2, 0.25) is 0 Å². The molecule has 4 nitrogen and oxygen atoms in total. The fourth-order valence-corrected chi connectivity index (χ4v) is 1.94. The summed E-state index contributed by atoms with van der Waals surface area (Å²) in [5, 5.41) is 0.0319. The van der Waals surface area contributed by atoms with E-state index in [-0.39, 0.29) is 22.7 Å². The molecule has 18 heavy (non-hydrogen) atoms. The van der Waals surface area contributed by atoms with Crippen molar-refractivity contribution in [2.24, 2.45) is 0 Å². The molecule has 0 bridgehead atoms. The van der Waals surface area contributed by atoms with Crippen LogP contribution >= 0.6 is 11.6 Å². The molecule has 0 radical (unpaired) electrons. The van der Waals surface area contributed by atoms with Gasteiger partial charge in [-0.3, -0.25) is 4.79 Å². The van der Waals surface area contributed by atoms with Crippen molar-refractivity contribution >= 4 is 17.5 Å². The number of rotatable bonds is 5. The maximum absolute atomic E-state index is 13.1. The van der Waals surface area contributed by atoms with Crippen LogP contribution in [-0.2, 0) is 4.74 Å². The van der Waals surface area contributed by atoms with Crippen LogP contribution in [0.3, 0.4) is 0 Å². The number of carbonyl (C=O) groups is 1. The van der Waals surface area contributed by atoms with Crippen LogP contribution in [0.1, 0.15) is 23.2 Å². The van der Waals surface area contributed by atoms with E-state index in [1.54, 1.807) is 12.0 Å². The molecule has 98 valence electrons. The highest BCUT2D eigenvalue weighted by molar-refractivity contribution is 6.32. The summed E-state index contributed by atoms with van der Waals surface area (Å²) >= 11 is 5.84. The molecular weight excluding hydrogens is 259 g/mol. The highest BCUT2D eigenvalue weighted by atomic mass is 35.5. The van der Waals surface area contributed by atoms with E-state index in [2.05, 4.69) is 4.98 Å². The summed E-state index contributed by atoms with van der Waals surface area (Å²) in [4.78, 5) is 17.6. The number of pyridine rings is 1. The van der Waals surface area contributed by atoms with E-state index in [1.807, 2.05) is 0 Å². The van der Waals surface area contributed by atoms with Crippen LogP contribution in [0.15, 0.2) is 12.3 Å². The van der Waals surface area contributed by atoms with E-state index in [9.17, 15) is 9.18 Å². The SMILES string of the molecule is COCCN(C(=O)c1cc(F)cnc1Cl)C1CC1. The third kappa shape index (κ3) is 2.97. The van der Waals surface area contributed by atoms with Crippen LogP contribution in [0, 0.1) is 5.82 Å². The molecule has 0 N–H and O–H groups in total. The molecule has 2 rings (SSSR count). The van der Waals surface area contributed by atoms with E-state index in [0.717, 1.165) is 25.1 Å². The number of nitrogens with zero attached hydrogens (tertiary/aromatic N) is 2. The minimum atomic E-state index is -0.565. The van der Waals surface area contributed by atoms with Gasteiger partial charge in [0.15, 0.2) is 0 Å². The van der Waals surface area contributed by atoms with Crippen LogP contribution in [0.25, 0.3) is 0 Å². The molecule has 1 fully saturated rings. The lowest BCUT2D eigenvalue weighted by Gasteiger charge is -2.22. The molecule has 1 aliphatic carbocycles. The van der Waals surface area contributed by atoms with Crippen molar-refractivity contribution in [3.63, 3.8) is 0 Å². The first kappa shape index (κ1) is 13.2. The third-order valence-electron chi connectivity index (χ3n) is 2.82. The van der Waals surface area contributed by atoms with Crippen LogP contribution in [0.4, 0.5) is 4.39 Å². The number of ether oxygens (including phenoxy) is 1. The molecule has 6 heteroatoms. The second-order valence-electron chi connectivity index (χ2n) is 4.21. The zero-order valence-corrected chi connectivity index (χ0v) is 10.8. The predicted molar refractivity (Wildman–Crippen MR) is 65.1 cm³/mol. The second-order valence-corrected chi connectivity index (χ2v) is 4.57. The summed E-state index contributed by atoms with van der Waals surface area (Å²) in [5.74, 6) is -0.850. The number of aromatic nitrogens is 1. The summed E-state index contributed by atoms with van der Waals surface area (Å²) in [6.07, 6.45) is 2.93. The molecule has 0 aromatic carbocycles. The van der Waals surface area contributed by atoms with Crippen LogP contribution in [0.2, 0.25) is 5.15 Å². The average molecular weight is 273 g/mol. The van der Waals surface area contributed by atoms with Gasteiger partial charge in [-0.2, -0.15) is 0 Å². The number of methoxy groups -OCH3 is 1. The second kappa shape index (κ2) is 5.63. The van der Waals surface area contributed by atoms with Gasteiger partial charge in [0, 0.05) is 19.7 Å². The zero-order valence-electron chi connectivity index (χ0n) is 10.0. The molecule has 1 aliphatic rings.